The minimum absolute atomic E-state index is 0.000866. The Bertz CT molecular complexity index is 985. The summed E-state index contributed by atoms with van der Waals surface area (Å²) in [5.41, 5.74) is 8.66. The second-order valence-electron chi connectivity index (χ2n) is 6.15. The van der Waals surface area contributed by atoms with Crippen molar-refractivity contribution in [3.05, 3.63) is 63.8 Å². The number of benzene rings is 1. The molecule has 0 saturated carbocycles. The van der Waals surface area contributed by atoms with Crippen LogP contribution in [0, 0.1) is 11.3 Å². The van der Waals surface area contributed by atoms with Crippen molar-refractivity contribution >= 4 is 23.3 Å². The number of aromatic nitrogens is 3. The Kier molecular flexibility index (Phi) is 3.98. The molecule has 1 aliphatic carbocycles. The van der Waals surface area contributed by atoms with Gasteiger partial charge in [-0.3, -0.25) is 9.69 Å². The summed E-state index contributed by atoms with van der Waals surface area (Å²) in [6, 6.07) is 9.41. The second-order valence-corrected chi connectivity index (χ2v) is 6.55. The number of carbonyl (C=O) groups excluding carboxylic acids is 1. The van der Waals surface area contributed by atoms with Gasteiger partial charge in [0.2, 0.25) is 5.95 Å². The molecule has 2 heterocycles. The summed E-state index contributed by atoms with van der Waals surface area (Å²) in [5, 5.41) is 17.0. The van der Waals surface area contributed by atoms with Crippen LogP contribution in [0.3, 0.4) is 0 Å². The fraction of sp³-hybridized carbons (Fsp3) is 0.222. The lowest BCUT2D eigenvalue weighted by atomic mass is 9.76. The van der Waals surface area contributed by atoms with Gasteiger partial charge in [-0.2, -0.15) is 15.3 Å². The Morgan fingerprint density at radius 2 is 2.15 bits per heavy atom. The lowest BCUT2D eigenvalue weighted by Gasteiger charge is -2.38. The molecule has 7 nitrogen and oxygen atoms in total. The van der Waals surface area contributed by atoms with Crippen LogP contribution in [-0.4, -0.2) is 21.0 Å². The van der Waals surface area contributed by atoms with E-state index >= 15 is 0 Å². The lowest BCUT2D eigenvalue weighted by Crippen LogP contribution is -2.39. The van der Waals surface area contributed by atoms with Crippen molar-refractivity contribution in [2.45, 2.75) is 25.2 Å². The molecule has 0 unspecified atom stereocenters. The number of nitrogens with two attached hydrogens (primary N) is 1. The number of carbonyl (C=O) groups is 1. The summed E-state index contributed by atoms with van der Waals surface area (Å²) in [6.45, 7) is 0. The summed E-state index contributed by atoms with van der Waals surface area (Å²) < 4.78 is 0. The summed E-state index contributed by atoms with van der Waals surface area (Å²) in [4.78, 5) is 18.6. The van der Waals surface area contributed by atoms with Gasteiger partial charge in [0.25, 0.3) is 0 Å². The first kappa shape index (κ1) is 16.4. The largest absolute Gasteiger partial charge is 0.384 e. The molecule has 130 valence electrons. The minimum Gasteiger partial charge on any atom is -0.384 e. The molecule has 0 bridgehead atoms. The highest BCUT2D eigenvalue weighted by molar-refractivity contribution is 6.31. The number of hydrogen-bond donors (Lipinski definition) is 2. The lowest BCUT2D eigenvalue weighted by molar-refractivity contribution is -0.116. The van der Waals surface area contributed by atoms with E-state index in [1.165, 1.54) is 6.33 Å². The molecule has 1 aromatic carbocycles. The average molecular weight is 367 g/mol. The number of aromatic amines is 1. The van der Waals surface area contributed by atoms with Crippen molar-refractivity contribution in [1.82, 2.24) is 15.2 Å². The zero-order valence-electron chi connectivity index (χ0n) is 13.7. The van der Waals surface area contributed by atoms with E-state index in [2.05, 4.69) is 21.3 Å². The number of rotatable bonds is 2. The minimum atomic E-state index is -0.573. The van der Waals surface area contributed by atoms with Gasteiger partial charge in [-0.1, -0.05) is 29.8 Å². The number of allylic oxidation sites excluding steroid dienone is 3. The fourth-order valence-corrected chi connectivity index (χ4v) is 3.90. The molecular formula is C18H15ClN6O. The zero-order valence-corrected chi connectivity index (χ0v) is 14.5. The quantitative estimate of drug-likeness (QED) is 0.845. The highest BCUT2D eigenvalue weighted by Crippen LogP contribution is 2.46. The molecule has 1 aliphatic heterocycles. The number of halogens is 1. The number of anilines is 1. The third-order valence-corrected chi connectivity index (χ3v) is 5.09. The van der Waals surface area contributed by atoms with E-state index in [-0.39, 0.29) is 17.2 Å². The van der Waals surface area contributed by atoms with Crippen LogP contribution >= 0.6 is 11.6 Å². The molecule has 0 fully saturated rings. The monoisotopic (exact) mass is 366 g/mol. The molecule has 1 atom stereocenters. The SMILES string of the molecule is N#CC1=C(N)N(c2ncn[nH]2)C2=C(C(=O)CCC2)[C@@H]1c1ccccc1Cl. The van der Waals surface area contributed by atoms with Crippen LogP contribution in [0.5, 0.6) is 0 Å². The van der Waals surface area contributed by atoms with Gasteiger partial charge in [0.05, 0.1) is 17.6 Å². The molecule has 0 saturated heterocycles. The third-order valence-electron chi connectivity index (χ3n) is 4.74. The number of nitrogens with zero attached hydrogens (tertiary/aromatic N) is 4. The van der Waals surface area contributed by atoms with Crippen molar-refractivity contribution in [3.8, 4) is 6.07 Å². The van der Waals surface area contributed by atoms with E-state index in [1.807, 2.05) is 18.2 Å². The van der Waals surface area contributed by atoms with E-state index in [1.54, 1.807) is 11.0 Å². The molecule has 3 N–H and O–H groups in total. The van der Waals surface area contributed by atoms with E-state index in [4.69, 9.17) is 17.3 Å². The Morgan fingerprint density at radius 1 is 1.35 bits per heavy atom. The maximum atomic E-state index is 12.9. The molecule has 0 radical (unpaired) electrons. The van der Waals surface area contributed by atoms with Crippen LogP contribution in [0.25, 0.3) is 0 Å². The number of H-pyrrole nitrogens is 1. The van der Waals surface area contributed by atoms with Gasteiger partial charge >= 0.3 is 0 Å². The number of nitriles is 1. The molecule has 8 heteroatoms. The van der Waals surface area contributed by atoms with Gasteiger partial charge in [0.1, 0.15) is 12.1 Å². The first-order valence-corrected chi connectivity index (χ1v) is 8.57. The highest BCUT2D eigenvalue weighted by Gasteiger charge is 2.41. The number of hydrogen-bond acceptors (Lipinski definition) is 6. The van der Waals surface area contributed by atoms with Crippen LogP contribution in [0.15, 0.2) is 53.3 Å². The summed E-state index contributed by atoms with van der Waals surface area (Å²) >= 11 is 6.39. The van der Waals surface area contributed by atoms with Gasteiger partial charge in [-0.15, -0.1) is 0 Å². The second kappa shape index (κ2) is 6.32. The molecule has 4 rings (SSSR count). The number of ketones is 1. The van der Waals surface area contributed by atoms with Gasteiger partial charge in [0.15, 0.2) is 5.78 Å². The van der Waals surface area contributed by atoms with Gasteiger partial charge in [-0.25, -0.2) is 5.10 Å². The van der Waals surface area contributed by atoms with E-state index in [9.17, 15) is 10.1 Å². The maximum absolute atomic E-state index is 12.9. The maximum Gasteiger partial charge on any atom is 0.231 e. The van der Waals surface area contributed by atoms with Crippen LogP contribution in [0.4, 0.5) is 5.95 Å². The van der Waals surface area contributed by atoms with Crippen molar-refractivity contribution in [1.29, 1.82) is 5.26 Å². The predicted octanol–water partition coefficient (Wildman–Crippen LogP) is 2.76. The van der Waals surface area contributed by atoms with Gasteiger partial charge in [-0.05, 0) is 24.5 Å². The van der Waals surface area contributed by atoms with Crippen molar-refractivity contribution < 1.29 is 4.79 Å². The van der Waals surface area contributed by atoms with Crippen molar-refractivity contribution in [2.24, 2.45) is 5.73 Å². The molecule has 26 heavy (non-hydrogen) atoms. The Morgan fingerprint density at radius 3 is 2.85 bits per heavy atom. The standard InChI is InChI=1S/C18H15ClN6O/c19-12-5-2-1-4-10(12)15-11(8-20)17(21)25(18-22-9-23-24-18)13-6-3-7-14(26)16(13)15/h1-2,4-5,9,15H,3,6-7,21H2,(H,22,23,24)/t15-/m1/s1. The first-order chi connectivity index (χ1) is 12.6. The van der Waals surface area contributed by atoms with Gasteiger partial charge in [0, 0.05) is 22.7 Å². The Balaban J connectivity index is 2.00. The normalized spacial score (nSPS) is 20.2. The van der Waals surface area contributed by atoms with Crippen LogP contribution in [0.2, 0.25) is 5.02 Å². The average Bonchev–Trinajstić information content (AvgIpc) is 3.15. The van der Waals surface area contributed by atoms with Crippen molar-refractivity contribution in [2.75, 3.05) is 4.90 Å². The van der Waals surface area contributed by atoms with Crippen LogP contribution in [0.1, 0.15) is 30.7 Å². The molecule has 2 aromatic rings. The van der Waals surface area contributed by atoms with E-state index in [0.29, 0.717) is 41.4 Å². The number of Topliss-reactive ketones (excluding diaryl/α,β-unsaturated/α-hetero) is 1. The molecular weight excluding hydrogens is 352 g/mol. The summed E-state index contributed by atoms with van der Waals surface area (Å²) in [7, 11) is 0. The van der Waals surface area contributed by atoms with Crippen LogP contribution in [-0.2, 0) is 4.79 Å². The molecule has 0 amide bonds. The fourth-order valence-electron chi connectivity index (χ4n) is 3.66. The zero-order chi connectivity index (χ0) is 18.3. The molecule has 2 aliphatic rings. The Hall–Kier alpha value is -3.11. The summed E-state index contributed by atoms with van der Waals surface area (Å²) in [5.74, 6) is 0.0503. The van der Waals surface area contributed by atoms with E-state index < -0.39 is 5.92 Å². The predicted molar refractivity (Wildman–Crippen MR) is 95.8 cm³/mol. The topological polar surface area (TPSA) is 112 Å². The highest BCUT2D eigenvalue weighted by atomic mass is 35.5. The summed E-state index contributed by atoms with van der Waals surface area (Å²) in [6.07, 6.45) is 3.16. The molecule has 1 aromatic heterocycles. The number of nitrogens with one attached hydrogen (secondary N) is 1. The van der Waals surface area contributed by atoms with Gasteiger partial charge < -0.3 is 5.73 Å². The molecule has 0 spiro atoms. The van der Waals surface area contributed by atoms with E-state index in [0.717, 1.165) is 5.70 Å². The van der Waals surface area contributed by atoms with Crippen molar-refractivity contribution in [3.63, 3.8) is 0 Å². The third kappa shape index (κ3) is 2.38. The Labute approximate surface area is 154 Å². The first-order valence-electron chi connectivity index (χ1n) is 8.19. The van der Waals surface area contributed by atoms with Crippen LogP contribution < -0.4 is 10.6 Å². The smallest absolute Gasteiger partial charge is 0.231 e.